The Bertz CT molecular complexity index is 1430. The Morgan fingerprint density at radius 1 is 1.03 bits per heavy atom. The van der Waals surface area contributed by atoms with Crippen LogP contribution in [-0.4, -0.2) is 94.1 Å². The van der Waals surface area contributed by atoms with Crippen molar-refractivity contribution in [3.63, 3.8) is 0 Å². The van der Waals surface area contributed by atoms with Gasteiger partial charge in [-0.1, -0.05) is 0 Å². The Hall–Kier alpha value is -3.12. The van der Waals surface area contributed by atoms with Gasteiger partial charge in [0.25, 0.3) is 0 Å². The fourth-order valence-electron chi connectivity index (χ4n) is 5.95. The zero-order valence-corrected chi connectivity index (χ0v) is 20.9. The fraction of sp³-hybridized carbons (Fsp3) is 0.500. The number of H-pyrrole nitrogens is 1. The molecule has 3 fully saturated rings. The van der Waals surface area contributed by atoms with Gasteiger partial charge in [-0.2, -0.15) is 0 Å². The number of morpholine rings is 2. The summed E-state index contributed by atoms with van der Waals surface area (Å²) in [6, 6.07) is 5.78. The van der Waals surface area contributed by atoms with Gasteiger partial charge in [-0.05, 0) is 25.1 Å². The summed E-state index contributed by atoms with van der Waals surface area (Å²) in [5.41, 5.74) is 2.78. The molecule has 3 aliphatic heterocycles. The van der Waals surface area contributed by atoms with Crippen molar-refractivity contribution in [2.45, 2.75) is 32.1 Å². The molecular formula is C26H31FN8O2. The number of halogens is 1. The summed E-state index contributed by atoms with van der Waals surface area (Å²) in [5, 5.41) is 4.41. The monoisotopic (exact) mass is 506 g/mol. The second kappa shape index (κ2) is 9.32. The van der Waals surface area contributed by atoms with Crippen LogP contribution in [0.2, 0.25) is 0 Å². The second-order valence-corrected chi connectivity index (χ2v) is 10.1. The first kappa shape index (κ1) is 23.0. The van der Waals surface area contributed by atoms with Crippen LogP contribution in [0.25, 0.3) is 33.5 Å². The van der Waals surface area contributed by atoms with Crippen LogP contribution in [0, 0.1) is 5.82 Å². The second-order valence-electron chi connectivity index (χ2n) is 10.1. The quantitative estimate of drug-likeness (QED) is 0.425. The van der Waals surface area contributed by atoms with E-state index in [9.17, 15) is 0 Å². The molecule has 3 aliphatic rings. The number of benzene rings is 1. The maximum absolute atomic E-state index is 15.3. The lowest BCUT2D eigenvalue weighted by Crippen LogP contribution is -2.62. The van der Waals surface area contributed by atoms with Gasteiger partial charge in [0.2, 0.25) is 0 Å². The number of nitrogens with zero attached hydrogens (tertiary/aromatic N) is 6. The number of aromatic amines is 1. The number of ether oxygens (including phenoxy) is 2. The van der Waals surface area contributed by atoms with Crippen LogP contribution in [0.15, 0.2) is 24.4 Å². The third-order valence-electron chi connectivity index (χ3n) is 7.62. The summed E-state index contributed by atoms with van der Waals surface area (Å²) in [4.78, 5) is 22.8. The molecule has 6 heterocycles. The van der Waals surface area contributed by atoms with Crippen molar-refractivity contribution in [1.82, 2.24) is 34.7 Å². The summed E-state index contributed by atoms with van der Waals surface area (Å²) >= 11 is 0. The lowest BCUT2D eigenvalue weighted by Gasteiger charge is -2.42. The highest BCUT2D eigenvalue weighted by Gasteiger charge is 2.32. The van der Waals surface area contributed by atoms with Gasteiger partial charge in [0.05, 0.1) is 38.5 Å². The lowest BCUT2D eigenvalue weighted by atomic mass is 10.1. The molecule has 11 heteroatoms. The van der Waals surface area contributed by atoms with E-state index < -0.39 is 0 Å². The predicted molar refractivity (Wildman–Crippen MR) is 138 cm³/mol. The van der Waals surface area contributed by atoms with Crippen LogP contribution in [0.4, 0.5) is 10.2 Å². The van der Waals surface area contributed by atoms with Crippen LogP contribution >= 0.6 is 0 Å². The van der Waals surface area contributed by atoms with Crippen LogP contribution in [0.3, 0.4) is 0 Å². The molecule has 0 aliphatic carbocycles. The Kier molecular flexibility index (Phi) is 5.80. The SMILES string of the molecule is CCn1c(CN2CC3COCC(C2)N3)nc2c(N3CCOCC3)nc(-c3c(F)ccc4[nH]ccc34)nc21. The van der Waals surface area contributed by atoms with Crippen molar-refractivity contribution in [2.75, 3.05) is 57.5 Å². The Balaban J connectivity index is 1.36. The number of piperazine rings is 1. The molecule has 2 N–H and O–H groups in total. The maximum Gasteiger partial charge on any atom is 0.167 e. The van der Waals surface area contributed by atoms with E-state index in [0.29, 0.717) is 56.3 Å². The number of anilines is 1. The molecule has 10 nitrogen and oxygen atoms in total. The first-order valence-electron chi connectivity index (χ1n) is 13.1. The van der Waals surface area contributed by atoms with E-state index in [1.807, 2.05) is 12.3 Å². The third kappa shape index (κ3) is 4.06. The molecule has 0 spiro atoms. The molecule has 3 saturated heterocycles. The molecular weight excluding hydrogens is 475 g/mol. The number of nitrogens with one attached hydrogen (secondary N) is 2. The minimum Gasteiger partial charge on any atom is -0.378 e. The zero-order chi connectivity index (χ0) is 24.9. The maximum atomic E-state index is 15.3. The van der Waals surface area contributed by atoms with E-state index in [4.69, 9.17) is 24.4 Å². The van der Waals surface area contributed by atoms with Gasteiger partial charge >= 0.3 is 0 Å². The predicted octanol–water partition coefficient (Wildman–Crippen LogP) is 2.14. The van der Waals surface area contributed by atoms with E-state index in [0.717, 1.165) is 66.6 Å². The van der Waals surface area contributed by atoms with E-state index in [2.05, 4.69) is 31.6 Å². The minimum atomic E-state index is -0.336. The standard InChI is InChI=1S/C26H31FN8O2/c1-2-35-21(13-33-11-16-14-37-15-17(12-33)29-16)30-23-25(34-7-9-36-10-8-34)31-24(32-26(23)35)22-18-5-6-28-20(18)4-3-19(22)27/h3-6,16-17,28-29H,2,7-15H2,1H3. The molecule has 1 aromatic carbocycles. The Morgan fingerprint density at radius 3 is 2.62 bits per heavy atom. The van der Waals surface area contributed by atoms with Gasteiger partial charge in [0, 0.05) is 61.9 Å². The summed E-state index contributed by atoms with van der Waals surface area (Å²) in [6.45, 7) is 9.50. The van der Waals surface area contributed by atoms with Crippen molar-refractivity contribution < 1.29 is 13.9 Å². The summed E-state index contributed by atoms with van der Waals surface area (Å²) < 4.78 is 28.8. The average Bonchev–Trinajstić information content (AvgIpc) is 3.52. The number of aromatic nitrogens is 5. The normalized spacial score (nSPS) is 22.8. The van der Waals surface area contributed by atoms with E-state index in [1.165, 1.54) is 6.07 Å². The van der Waals surface area contributed by atoms with Crippen molar-refractivity contribution in [3.8, 4) is 11.4 Å². The van der Waals surface area contributed by atoms with Gasteiger partial charge in [-0.15, -0.1) is 0 Å². The molecule has 7 rings (SSSR count). The van der Waals surface area contributed by atoms with Crippen LogP contribution in [-0.2, 0) is 22.6 Å². The first-order chi connectivity index (χ1) is 18.2. The van der Waals surface area contributed by atoms with Crippen molar-refractivity contribution in [1.29, 1.82) is 0 Å². The number of fused-ring (bicyclic) bond motifs is 4. The van der Waals surface area contributed by atoms with E-state index in [-0.39, 0.29) is 5.82 Å². The third-order valence-corrected chi connectivity index (χ3v) is 7.62. The molecule has 2 atom stereocenters. The molecule has 2 unspecified atom stereocenters. The number of rotatable bonds is 5. The molecule has 0 saturated carbocycles. The fourth-order valence-corrected chi connectivity index (χ4v) is 5.95. The number of hydrogen-bond acceptors (Lipinski definition) is 8. The van der Waals surface area contributed by atoms with Gasteiger partial charge in [-0.3, -0.25) is 4.90 Å². The van der Waals surface area contributed by atoms with E-state index >= 15 is 4.39 Å². The Labute approximate surface area is 213 Å². The Morgan fingerprint density at radius 2 is 1.84 bits per heavy atom. The molecule has 0 amide bonds. The van der Waals surface area contributed by atoms with Gasteiger partial charge in [0.15, 0.2) is 22.8 Å². The average molecular weight is 507 g/mol. The number of imidazole rings is 1. The molecule has 194 valence electrons. The lowest BCUT2D eigenvalue weighted by molar-refractivity contribution is -0.00950. The zero-order valence-electron chi connectivity index (χ0n) is 20.9. The highest BCUT2D eigenvalue weighted by molar-refractivity contribution is 5.95. The largest absolute Gasteiger partial charge is 0.378 e. The summed E-state index contributed by atoms with van der Waals surface area (Å²) in [5.74, 6) is 1.75. The van der Waals surface area contributed by atoms with Crippen LogP contribution in [0.1, 0.15) is 12.7 Å². The van der Waals surface area contributed by atoms with Crippen molar-refractivity contribution >= 4 is 27.9 Å². The van der Waals surface area contributed by atoms with E-state index in [1.54, 1.807) is 6.07 Å². The van der Waals surface area contributed by atoms with Gasteiger partial charge < -0.3 is 29.2 Å². The highest BCUT2D eigenvalue weighted by Crippen LogP contribution is 2.34. The van der Waals surface area contributed by atoms with Crippen molar-refractivity contribution in [2.24, 2.45) is 0 Å². The molecule has 37 heavy (non-hydrogen) atoms. The first-order valence-corrected chi connectivity index (χ1v) is 13.1. The van der Waals surface area contributed by atoms with Gasteiger partial charge in [0.1, 0.15) is 11.6 Å². The number of aryl methyl sites for hydroxylation is 1. The summed E-state index contributed by atoms with van der Waals surface area (Å²) in [7, 11) is 0. The van der Waals surface area contributed by atoms with Crippen LogP contribution < -0.4 is 10.2 Å². The molecule has 0 radical (unpaired) electrons. The summed E-state index contributed by atoms with van der Waals surface area (Å²) in [6.07, 6.45) is 1.82. The smallest absolute Gasteiger partial charge is 0.167 e. The highest BCUT2D eigenvalue weighted by atomic mass is 19.1. The van der Waals surface area contributed by atoms with Crippen LogP contribution in [0.5, 0.6) is 0 Å². The number of hydrogen-bond donors (Lipinski definition) is 2. The minimum absolute atomic E-state index is 0.336. The topological polar surface area (TPSA) is 96.4 Å². The molecule has 2 bridgehead atoms. The van der Waals surface area contributed by atoms with Crippen molar-refractivity contribution in [3.05, 3.63) is 36.0 Å². The molecule has 4 aromatic rings. The van der Waals surface area contributed by atoms with Gasteiger partial charge in [-0.25, -0.2) is 19.3 Å². The molecule has 3 aromatic heterocycles.